The Morgan fingerprint density at radius 1 is 0.952 bits per heavy atom. The number of benzene rings is 2. The zero-order chi connectivity index (χ0) is 14.5. The van der Waals surface area contributed by atoms with Crippen molar-refractivity contribution in [2.45, 2.75) is 10.6 Å². The van der Waals surface area contributed by atoms with Crippen molar-refractivity contribution >= 4 is 24.0 Å². The second kappa shape index (κ2) is 6.70. The van der Waals surface area contributed by atoms with E-state index in [9.17, 15) is 0 Å². The Kier molecular flexibility index (Phi) is 4.48. The first-order valence-corrected chi connectivity index (χ1v) is 8.04. The van der Waals surface area contributed by atoms with E-state index in [1.54, 1.807) is 11.8 Å². The van der Waals surface area contributed by atoms with Crippen LogP contribution in [0.1, 0.15) is 5.82 Å². The highest BCUT2D eigenvalue weighted by molar-refractivity contribution is 7.98. The van der Waals surface area contributed by atoms with Gasteiger partial charge >= 0.3 is 0 Å². The van der Waals surface area contributed by atoms with Gasteiger partial charge in [0.05, 0.1) is 5.75 Å². The Labute approximate surface area is 133 Å². The number of hydrogen-bond donors (Lipinski definition) is 1. The van der Waals surface area contributed by atoms with Gasteiger partial charge in [-0.1, -0.05) is 60.7 Å². The highest BCUT2D eigenvalue weighted by Gasteiger charge is 2.02. The van der Waals surface area contributed by atoms with E-state index in [-0.39, 0.29) is 0 Å². The zero-order valence-electron chi connectivity index (χ0n) is 11.3. The predicted molar refractivity (Wildman–Crippen MR) is 90.9 cm³/mol. The molecule has 1 heterocycles. The maximum atomic E-state index is 5.28. The van der Waals surface area contributed by atoms with Gasteiger partial charge < -0.3 is 4.98 Å². The summed E-state index contributed by atoms with van der Waals surface area (Å²) in [7, 11) is 0. The second-order valence-corrected chi connectivity index (χ2v) is 6.01. The molecular formula is C17H14N2S2. The van der Waals surface area contributed by atoms with Crippen LogP contribution in [0, 0.1) is 4.64 Å². The molecule has 1 aromatic heterocycles. The molecule has 0 amide bonds. The molecule has 0 saturated heterocycles. The van der Waals surface area contributed by atoms with Crippen LogP contribution in [0.2, 0.25) is 0 Å². The molecule has 2 nitrogen and oxygen atoms in total. The SMILES string of the molecule is S=c1cc(-c2ccccc2)[nH]c(CSc2ccccc2)n1. The van der Waals surface area contributed by atoms with Gasteiger partial charge in [-0.3, -0.25) is 0 Å². The number of rotatable bonds is 4. The lowest BCUT2D eigenvalue weighted by Crippen LogP contribution is -1.95. The molecule has 0 aliphatic heterocycles. The minimum absolute atomic E-state index is 0.622. The van der Waals surface area contributed by atoms with Crippen LogP contribution in [0.25, 0.3) is 11.3 Å². The molecule has 3 rings (SSSR count). The maximum absolute atomic E-state index is 5.28. The van der Waals surface area contributed by atoms with Crippen molar-refractivity contribution in [3.8, 4) is 11.3 Å². The molecule has 4 heteroatoms. The molecule has 21 heavy (non-hydrogen) atoms. The summed E-state index contributed by atoms with van der Waals surface area (Å²) < 4.78 is 0.622. The molecule has 0 radical (unpaired) electrons. The van der Waals surface area contributed by atoms with Crippen LogP contribution >= 0.6 is 24.0 Å². The topological polar surface area (TPSA) is 28.7 Å². The predicted octanol–water partition coefficient (Wildman–Crippen LogP) is 5.10. The fourth-order valence-corrected chi connectivity index (χ4v) is 3.04. The number of H-pyrrole nitrogens is 1. The summed E-state index contributed by atoms with van der Waals surface area (Å²) in [6.45, 7) is 0. The molecule has 3 aromatic rings. The van der Waals surface area contributed by atoms with Crippen molar-refractivity contribution in [2.24, 2.45) is 0 Å². The quantitative estimate of drug-likeness (QED) is 0.537. The first-order chi connectivity index (χ1) is 10.3. The van der Waals surface area contributed by atoms with Gasteiger partial charge in [-0.15, -0.1) is 11.8 Å². The summed E-state index contributed by atoms with van der Waals surface area (Å²) in [6.07, 6.45) is 0. The summed E-state index contributed by atoms with van der Waals surface area (Å²) in [4.78, 5) is 9.01. The van der Waals surface area contributed by atoms with E-state index in [1.807, 2.05) is 42.5 Å². The van der Waals surface area contributed by atoms with Gasteiger partial charge in [-0.2, -0.15) is 0 Å². The van der Waals surface area contributed by atoms with Crippen LogP contribution in [0.5, 0.6) is 0 Å². The van der Waals surface area contributed by atoms with Crippen LogP contribution in [0.15, 0.2) is 71.6 Å². The molecular weight excluding hydrogens is 296 g/mol. The fraction of sp³-hybridized carbons (Fsp3) is 0.0588. The third-order valence-electron chi connectivity index (χ3n) is 3.00. The van der Waals surface area contributed by atoms with Gasteiger partial charge in [-0.25, -0.2) is 4.98 Å². The van der Waals surface area contributed by atoms with Crippen molar-refractivity contribution in [1.82, 2.24) is 9.97 Å². The van der Waals surface area contributed by atoms with Gasteiger partial charge in [-0.05, 0) is 23.8 Å². The van der Waals surface area contributed by atoms with Gasteiger partial charge in [0.25, 0.3) is 0 Å². The monoisotopic (exact) mass is 310 g/mol. The summed E-state index contributed by atoms with van der Waals surface area (Å²) >= 11 is 7.02. The number of aromatic amines is 1. The first-order valence-electron chi connectivity index (χ1n) is 6.65. The summed E-state index contributed by atoms with van der Waals surface area (Å²) in [5, 5.41) is 0. The average Bonchev–Trinajstić information content (AvgIpc) is 2.54. The average molecular weight is 310 g/mol. The van der Waals surface area contributed by atoms with Crippen molar-refractivity contribution in [3.05, 3.63) is 77.2 Å². The number of hydrogen-bond acceptors (Lipinski definition) is 3. The minimum atomic E-state index is 0.622. The van der Waals surface area contributed by atoms with Crippen molar-refractivity contribution < 1.29 is 0 Å². The van der Waals surface area contributed by atoms with Gasteiger partial charge in [0, 0.05) is 10.6 Å². The van der Waals surface area contributed by atoms with Gasteiger partial charge in [0.15, 0.2) is 0 Å². The van der Waals surface area contributed by atoms with E-state index in [0.717, 1.165) is 22.8 Å². The lowest BCUT2D eigenvalue weighted by Gasteiger charge is -2.06. The molecule has 0 atom stereocenters. The van der Waals surface area contributed by atoms with Crippen LogP contribution in [0.4, 0.5) is 0 Å². The maximum Gasteiger partial charge on any atom is 0.130 e. The molecule has 0 unspecified atom stereocenters. The van der Waals surface area contributed by atoms with Crippen LogP contribution < -0.4 is 0 Å². The van der Waals surface area contributed by atoms with E-state index in [0.29, 0.717) is 4.64 Å². The second-order valence-electron chi connectivity index (χ2n) is 4.55. The van der Waals surface area contributed by atoms with E-state index in [1.165, 1.54) is 4.90 Å². The standard InChI is InChI=1S/C17H14N2S2/c20-17-11-15(13-7-3-1-4-8-13)18-16(19-17)12-21-14-9-5-2-6-10-14/h1-11H,12H2,(H,18,19,20). The van der Waals surface area contributed by atoms with E-state index < -0.39 is 0 Å². The first kappa shape index (κ1) is 14.0. The Bertz CT molecular complexity index is 768. The highest BCUT2D eigenvalue weighted by atomic mass is 32.2. The van der Waals surface area contributed by atoms with E-state index >= 15 is 0 Å². The third-order valence-corrected chi connectivity index (χ3v) is 4.23. The van der Waals surface area contributed by atoms with Gasteiger partial charge in [0.2, 0.25) is 0 Å². The Hall–Kier alpha value is -1.91. The molecule has 0 saturated carbocycles. The summed E-state index contributed by atoms with van der Waals surface area (Å²) in [5.41, 5.74) is 2.14. The van der Waals surface area contributed by atoms with Crippen LogP contribution in [0.3, 0.4) is 0 Å². The van der Waals surface area contributed by atoms with Gasteiger partial charge in [0.1, 0.15) is 10.5 Å². The molecule has 0 aliphatic carbocycles. The summed E-state index contributed by atoms with van der Waals surface area (Å²) in [6, 6.07) is 22.4. The van der Waals surface area contributed by atoms with Crippen LogP contribution in [-0.4, -0.2) is 9.97 Å². The van der Waals surface area contributed by atoms with Crippen molar-refractivity contribution in [2.75, 3.05) is 0 Å². The van der Waals surface area contributed by atoms with Crippen molar-refractivity contribution in [3.63, 3.8) is 0 Å². The number of nitrogens with one attached hydrogen (secondary N) is 1. The van der Waals surface area contributed by atoms with Crippen molar-refractivity contribution in [1.29, 1.82) is 0 Å². The van der Waals surface area contributed by atoms with E-state index in [2.05, 4.69) is 34.2 Å². The minimum Gasteiger partial charge on any atom is -0.342 e. The normalized spacial score (nSPS) is 10.5. The Balaban J connectivity index is 1.83. The molecule has 0 aliphatic rings. The van der Waals surface area contributed by atoms with E-state index in [4.69, 9.17) is 12.2 Å². The molecule has 0 spiro atoms. The summed E-state index contributed by atoms with van der Waals surface area (Å²) in [5.74, 6) is 1.67. The largest absolute Gasteiger partial charge is 0.342 e. The molecule has 0 fully saturated rings. The molecule has 1 N–H and O–H groups in total. The molecule has 2 aromatic carbocycles. The number of thioether (sulfide) groups is 1. The zero-order valence-corrected chi connectivity index (χ0v) is 13.0. The molecule has 0 bridgehead atoms. The highest BCUT2D eigenvalue weighted by Crippen LogP contribution is 2.22. The Morgan fingerprint density at radius 2 is 1.62 bits per heavy atom. The third kappa shape index (κ3) is 3.80. The lowest BCUT2D eigenvalue weighted by molar-refractivity contribution is 1.03. The van der Waals surface area contributed by atoms with Crippen LogP contribution in [-0.2, 0) is 5.75 Å². The Morgan fingerprint density at radius 3 is 2.33 bits per heavy atom. The number of nitrogens with zero attached hydrogens (tertiary/aromatic N) is 1. The lowest BCUT2D eigenvalue weighted by atomic mass is 10.1. The number of aromatic nitrogens is 2. The smallest absolute Gasteiger partial charge is 0.130 e. The fourth-order valence-electron chi connectivity index (χ4n) is 2.02. The molecule has 104 valence electrons.